The molecule has 0 aromatic heterocycles. The quantitative estimate of drug-likeness (QED) is 0.890. The van der Waals surface area contributed by atoms with Gasteiger partial charge in [0.05, 0.1) is 5.92 Å². The maximum absolute atomic E-state index is 12.8. The Morgan fingerprint density at radius 3 is 2.90 bits per heavy atom. The molecule has 3 atom stereocenters. The Morgan fingerprint density at radius 2 is 2.05 bits per heavy atom. The predicted octanol–water partition coefficient (Wildman–Crippen LogP) is 3.67. The fourth-order valence-electron chi connectivity index (χ4n) is 3.91. The fourth-order valence-corrected chi connectivity index (χ4v) is 3.91. The number of carbonyl (C=O) groups is 1. The molecule has 2 aliphatic rings. The highest BCUT2D eigenvalue weighted by atomic mass is 16.2. The minimum Gasteiger partial charge on any atom is -0.385 e. The lowest BCUT2D eigenvalue weighted by Gasteiger charge is -2.34. The number of fused-ring (bicyclic) bond motifs is 1. The fraction of sp³-hybridized carbons (Fsp3) is 0.611. The molecule has 1 saturated carbocycles. The van der Waals surface area contributed by atoms with E-state index in [-0.39, 0.29) is 11.8 Å². The van der Waals surface area contributed by atoms with Crippen molar-refractivity contribution in [1.82, 2.24) is 5.32 Å². The topological polar surface area (TPSA) is 41.1 Å². The van der Waals surface area contributed by atoms with E-state index in [1.165, 1.54) is 25.7 Å². The molecule has 0 saturated heterocycles. The van der Waals surface area contributed by atoms with Crippen LogP contribution in [0.5, 0.6) is 0 Å². The third-order valence-electron chi connectivity index (χ3n) is 5.16. The van der Waals surface area contributed by atoms with Gasteiger partial charge < -0.3 is 10.6 Å². The van der Waals surface area contributed by atoms with Gasteiger partial charge in [-0.05, 0) is 36.8 Å². The number of carbonyl (C=O) groups excluding carboxylic acids is 1. The Bertz CT molecular complexity index is 500. The van der Waals surface area contributed by atoms with E-state index in [1.54, 1.807) is 0 Å². The third-order valence-corrected chi connectivity index (χ3v) is 5.16. The molecular formula is C18H26N2O. The second-order valence-electron chi connectivity index (χ2n) is 6.42. The molecule has 1 aliphatic carbocycles. The molecule has 1 aromatic carbocycles. The lowest BCUT2D eigenvalue weighted by Crippen LogP contribution is -2.44. The van der Waals surface area contributed by atoms with Gasteiger partial charge in [0.15, 0.2) is 0 Å². The van der Waals surface area contributed by atoms with Gasteiger partial charge in [-0.3, -0.25) is 4.79 Å². The predicted molar refractivity (Wildman–Crippen MR) is 86.5 cm³/mol. The number of hydrogen-bond acceptors (Lipinski definition) is 2. The van der Waals surface area contributed by atoms with E-state index in [2.05, 4.69) is 29.7 Å². The first-order chi connectivity index (χ1) is 10.3. The van der Waals surface area contributed by atoms with Crippen LogP contribution in [0.3, 0.4) is 0 Å². The Morgan fingerprint density at radius 1 is 1.24 bits per heavy atom. The van der Waals surface area contributed by atoms with Crippen molar-refractivity contribution in [2.24, 2.45) is 5.92 Å². The SMILES string of the molecule is CCC1CCCCC1NC(=O)C1CCNc2ccccc21. The molecule has 114 valence electrons. The molecule has 21 heavy (non-hydrogen) atoms. The van der Waals surface area contributed by atoms with Crippen LogP contribution in [-0.4, -0.2) is 18.5 Å². The summed E-state index contributed by atoms with van der Waals surface area (Å²) in [5.41, 5.74) is 2.28. The average Bonchev–Trinajstić information content (AvgIpc) is 2.54. The van der Waals surface area contributed by atoms with Crippen LogP contribution < -0.4 is 10.6 Å². The van der Waals surface area contributed by atoms with Crippen LogP contribution in [0.15, 0.2) is 24.3 Å². The number of para-hydroxylation sites is 1. The van der Waals surface area contributed by atoms with Crippen LogP contribution in [0, 0.1) is 5.92 Å². The van der Waals surface area contributed by atoms with E-state index in [4.69, 9.17) is 0 Å². The molecule has 1 fully saturated rings. The van der Waals surface area contributed by atoms with Gasteiger partial charge in [-0.1, -0.05) is 44.4 Å². The van der Waals surface area contributed by atoms with Gasteiger partial charge >= 0.3 is 0 Å². The maximum Gasteiger partial charge on any atom is 0.227 e. The lowest BCUT2D eigenvalue weighted by molar-refractivity contribution is -0.124. The summed E-state index contributed by atoms with van der Waals surface area (Å²) in [6.07, 6.45) is 7.06. The smallest absolute Gasteiger partial charge is 0.227 e. The van der Waals surface area contributed by atoms with Gasteiger partial charge in [0.1, 0.15) is 0 Å². The molecule has 3 heteroatoms. The van der Waals surface area contributed by atoms with Gasteiger partial charge in [0, 0.05) is 18.3 Å². The molecule has 0 spiro atoms. The number of nitrogens with one attached hydrogen (secondary N) is 2. The molecule has 0 bridgehead atoms. The van der Waals surface area contributed by atoms with Crippen molar-refractivity contribution in [3.05, 3.63) is 29.8 Å². The standard InChI is InChI=1S/C18H26N2O/c1-2-13-7-3-5-9-16(13)20-18(21)15-11-12-19-17-10-6-4-8-14(15)17/h4,6,8,10,13,15-16,19H,2-3,5,7,9,11-12H2,1H3,(H,20,21). The maximum atomic E-state index is 12.8. The zero-order valence-corrected chi connectivity index (χ0v) is 12.9. The largest absolute Gasteiger partial charge is 0.385 e. The number of benzene rings is 1. The highest BCUT2D eigenvalue weighted by Crippen LogP contribution is 2.33. The number of amides is 1. The van der Waals surface area contributed by atoms with Crippen LogP contribution in [0.2, 0.25) is 0 Å². The normalized spacial score (nSPS) is 28.3. The van der Waals surface area contributed by atoms with Crippen molar-refractivity contribution in [3.63, 3.8) is 0 Å². The van der Waals surface area contributed by atoms with E-state index >= 15 is 0 Å². The summed E-state index contributed by atoms with van der Waals surface area (Å²) in [4.78, 5) is 12.8. The monoisotopic (exact) mass is 286 g/mol. The van der Waals surface area contributed by atoms with E-state index in [1.807, 2.05) is 12.1 Å². The molecule has 3 rings (SSSR count). The average molecular weight is 286 g/mol. The number of hydrogen-bond donors (Lipinski definition) is 2. The minimum absolute atomic E-state index is 0.0156. The highest BCUT2D eigenvalue weighted by molar-refractivity contribution is 5.86. The van der Waals surface area contributed by atoms with E-state index in [0.29, 0.717) is 12.0 Å². The van der Waals surface area contributed by atoms with Crippen molar-refractivity contribution in [2.75, 3.05) is 11.9 Å². The molecule has 1 amide bonds. The zero-order chi connectivity index (χ0) is 14.7. The summed E-state index contributed by atoms with van der Waals surface area (Å²) < 4.78 is 0. The lowest BCUT2D eigenvalue weighted by atomic mass is 9.82. The number of rotatable bonds is 3. The molecule has 1 heterocycles. The summed E-state index contributed by atoms with van der Waals surface area (Å²) in [5.74, 6) is 0.913. The van der Waals surface area contributed by atoms with Crippen LogP contribution >= 0.6 is 0 Å². The summed E-state index contributed by atoms with van der Waals surface area (Å²) in [7, 11) is 0. The van der Waals surface area contributed by atoms with Crippen LogP contribution in [0.1, 0.15) is 56.9 Å². The van der Waals surface area contributed by atoms with Crippen molar-refractivity contribution >= 4 is 11.6 Å². The summed E-state index contributed by atoms with van der Waals surface area (Å²) in [6.45, 7) is 3.13. The first kappa shape index (κ1) is 14.4. The van der Waals surface area contributed by atoms with Crippen LogP contribution in [-0.2, 0) is 4.79 Å². The van der Waals surface area contributed by atoms with Crippen molar-refractivity contribution in [3.8, 4) is 0 Å². The zero-order valence-electron chi connectivity index (χ0n) is 12.9. The second-order valence-corrected chi connectivity index (χ2v) is 6.42. The second kappa shape index (κ2) is 6.50. The third kappa shape index (κ3) is 3.07. The molecule has 1 aliphatic heterocycles. The first-order valence-electron chi connectivity index (χ1n) is 8.42. The van der Waals surface area contributed by atoms with Gasteiger partial charge in [-0.2, -0.15) is 0 Å². The molecular weight excluding hydrogens is 260 g/mol. The van der Waals surface area contributed by atoms with E-state index in [9.17, 15) is 4.79 Å². The Hall–Kier alpha value is -1.51. The molecule has 1 aromatic rings. The van der Waals surface area contributed by atoms with Crippen molar-refractivity contribution in [2.45, 2.75) is 57.4 Å². The summed E-state index contributed by atoms with van der Waals surface area (Å²) in [6, 6.07) is 8.61. The van der Waals surface area contributed by atoms with Gasteiger partial charge in [-0.25, -0.2) is 0 Å². The van der Waals surface area contributed by atoms with Crippen LogP contribution in [0.25, 0.3) is 0 Å². The van der Waals surface area contributed by atoms with Crippen molar-refractivity contribution < 1.29 is 4.79 Å². The van der Waals surface area contributed by atoms with E-state index < -0.39 is 0 Å². The highest BCUT2D eigenvalue weighted by Gasteiger charge is 2.30. The minimum atomic E-state index is 0.0156. The van der Waals surface area contributed by atoms with Crippen molar-refractivity contribution in [1.29, 1.82) is 0 Å². The summed E-state index contributed by atoms with van der Waals surface area (Å²) in [5, 5.41) is 6.75. The Balaban J connectivity index is 1.71. The van der Waals surface area contributed by atoms with Gasteiger partial charge in [-0.15, -0.1) is 0 Å². The first-order valence-corrected chi connectivity index (χ1v) is 8.42. The van der Waals surface area contributed by atoms with Gasteiger partial charge in [0.25, 0.3) is 0 Å². The summed E-state index contributed by atoms with van der Waals surface area (Å²) >= 11 is 0. The molecule has 3 unspecified atom stereocenters. The number of anilines is 1. The molecule has 2 N–H and O–H groups in total. The Kier molecular flexibility index (Phi) is 4.47. The van der Waals surface area contributed by atoms with Crippen LogP contribution in [0.4, 0.5) is 5.69 Å². The molecule has 3 nitrogen and oxygen atoms in total. The van der Waals surface area contributed by atoms with E-state index in [0.717, 1.165) is 30.6 Å². The molecule has 0 radical (unpaired) electrons. The van der Waals surface area contributed by atoms with Gasteiger partial charge in [0.2, 0.25) is 5.91 Å². The Labute approximate surface area is 127 Å².